The lowest BCUT2D eigenvalue weighted by Gasteiger charge is -2.36. The van der Waals surface area contributed by atoms with Gasteiger partial charge in [-0.25, -0.2) is 13.4 Å². The fourth-order valence-electron chi connectivity index (χ4n) is 6.29. The minimum absolute atomic E-state index is 0.0375. The van der Waals surface area contributed by atoms with Crippen molar-refractivity contribution in [3.05, 3.63) is 99.0 Å². The summed E-state index contributed by atoms with van der Waals surface area (Å²) in [5, 5.41) is 18.1. The summed E-state index contributed by atoms with van der Waals surface area (Å²) in [5.74, 6) is 0.314. The van der Waals surface area contributed by atoms with E-state index in [2.05, 4.69) is 39.2 Å². The first-order valence-corrected chi connectivity index (χ1v) is 22.5. The van der Waals surface area contributed by atoms with E-state index in [1.165, 1.54) is 7.11 Å². The summed E-state index contributed by atoms with van der Waals surface area (Å²) < 4.78 is 76.7. The molecule has 8 nitrogen and oxygen atoms in total. The van der Waals surface area contributed by atoms with Crippen molar-refractivity contribution < 1.29 is 35.9 Å². The first-order valence-electron chi connectivity index (χ1n) is 17.4. The number of hydrogen-bond acceptors (Lipinski definition) is 7. The molecule has 0 unspecified atom stereocenters. The van der Waals surface area contributed by atoms with Gasteiger partial charge in [-0.1, -0.05) is 74.3 Å². The van der Waals surface area contributed by atoms with Gasteiger partial charge in [-0.15, -0.1) is 0 Å². The van der Waals surface area contributed by atoms with Crippen LogP contribution < -0.4 is 10.1 Å². The van der Waals surface area contributed by atoms with Gasteiger partial charge in [-0.05, 0) is 96.4 Å². The van der Waals surface area contributed by atoms with Gasteiger partial charge in [0.1, 0.15) is 5.60 Å². The standard InChI is InChI=1S/C38H46Cl2F3N3O5SSi/c1-36(2,3)53(5,6)51-21-7-8-25-22-28(37(47,26-9-13-29(39)14-10-26)27-11-15-30(40)16-12-27)23-32-33(24-34(50-4)45-35(25)32)44-31-17-19-46(20-18-31)52(48,49)38(41,42)43/h9-16,22-24,31,47H,7-8,17-21H2,1-6H3,(H,44,45). The van der Waals surface area contributed by atoms with E-state index >= 15 is 0 Å². The number of aromatic nitrogens is 1. The second-order valence-corrected chi connectivity index (χ2v) is 22.6. The molecule has 0 saturated carbocycles. The first kappa shape index (κ1) is 41.3. The third-order valence-electron chi connectivity index (χ3n) is 10.4. The summed E-state index contributed by atoms with van der Waals surface area (Å²) in [6.07, 6.45) is 1.49. The highest BCUT2D eigenvalue weighted by atomic mass is 35.5. The molecule has 0 atom stereocenters. The van der Waals surface area contributed by atoms with Crippen LogP contribution >= 0.6 is 23.2 Å². The van der Waals surface area contributed by atoms with Crippen molar-refractivity contribution in [2.24, 2.45) is 0 Å². The summed E-state index contributed by atoms with van der Waals surface area (Å²) in [6.45, 7) is 10.9. The lowest BCUT2D eigenvalue weighted by molar-refractivity contribution is -0.0494. The summed E-state index contributed by atoms with van der Waals surface area (Å²) in [7, 11) is -5.95. The van der Waals surface area contributed by atoms with Gasteiger partial charge >= 0.3 is 15.5 Å². The number of benzene rings is 3. The minimum Gasteiger partial charge on any atom is -0.481 e. The molecule has 53 heavy (non-hydrogen) atoms. The van der Waals surface area contributed by atoms with Gasteiger partial charge in [0.25, 0.3) is 0 Å². The molecular weight excluding hydrogens is 766 g/mol. The zero-order valence-electron chi connectivity index (χ0n) is 30.7. The SMILES string of the molecule is COc1cc(NC2CCN(S(=O)(=O)C(F)(F)F)CC2)c2cc(C(O)(c3ccc(Cl)cc3)c3ccc(Cl)cc3)cc(CCCO[Si](C)(C)C(C)(C)C)c2n1. The molecule has 15 heteroatoms. The quantitative estimate of drug-likeness (QED) is 0.0836. The van der Waals surface area contributed by atoms with Crippen molar-refractivity contribution in [3.8, 4) is 5.88 Å². The topological polar surface area (TPSA) is 101 Å². The van der Waals surface area contributed by atoms with Crippen molar-refractivity contribution in [3.63, 3.8) is 0 Å². The Bertz CT molecular complexity index is 1970. The number of aliphatic hydroxyl groups is 1. The molecule has 0 aliphatic carbocycles. The van der Waals surface area contributed by atoms with E-state index in [9.17, 15) is 26.7 Å². The molecule has 4 aromatic rings. The fraction of sp³-hybridized carbons (Fsp3) is 0.447. The smallest absolute Gasteiger partial charge is 0.481 e. The number of pyridine rings is 1. The van der Waals surface area contributed by atoms with Crippen LogP contribution in [-0.2, 0) is 26.5 Å². The molecule has 0 radical (unpaired) electrons. The molecule has 5 rings (SSSR count). The number of aryl methyl sites for hydroxylation is 1. The van der Waals surface area contributed by atoms with E-state index in [4.69, 9.17) is 37.3 Å². The van der Waals surface area contributed by atoms with Crippen molar-refractivity contribution in [1.29, 1.82) is 0 Å². The summed E-state index contributed by atoms with van der Waals surface area (Å²) >= 11 is 12.6. The fourth-order valence-corrected chi connectivity index (χ4v) is 8.62. The Kier molecular flexibility index (Phi) is 12.2. The zero-order chi connectivity index (χ0) is 39.0. The van der Waals surface area contributed by atoms with Gasteiger partial charge in [-0.3, -0.25) is 0 Å². The highest BCUT2D eigenvalue weighted by Crippen LogP contribution is 2.42. The maximum Gasteiger partial charge on any atom is 0.511 e. The van der Waals surface area contributed by atoms with Crippen LogP contribution in [0, 0.1) is 0 Å². The highest BCUT2D eigenvalue weighted by molar-refractivity contribution is 7.90. The second-order valence-electron chi connectivity index (χ2n) is 14.9. The summed E-state index contributed by atoms with van der Waals surface area (Å²) in [6, 6.07) is 19.0. The lowest BCUT2D eigenvalue weighted by atomic mass is 9.79. The minimum atomic E-state index is -5.43. The molecule has 1 aromatic heterocycles. The Hall–Kier alpha value is -2.91. The monoisotopic (exact) mass is 811 g/mol. The molecule has 1 fully saturated rings. The van der Waals surface area contributed by atoms with E-state index in [1.54, 1.807) is 54.6 Å². The largest absolute Gasteiger partial charge is 0.511 e. The molecule has 2 N–H and O–H groups in total. The number of piperidine rings is 1. The van der Waals surface area contributed by atoms with Gasteiger partial charge in [0.05, 0.1) is 12.6 Å². The van der Waals surface area contributed by atoms with Crippen molar-refractivity contribution in [1.82, 2.24) is 9.29 Å². The van der Waals surface area contributed by atoms with Crippen LogP contribution in [-0.4, -0.2) is 69.5 Å². The third kappa shape index (κ3) is 8.82. The molecule has 288 valence electrons. The Morgan fingerprint density at radius 2 is 1.47 bits per heavy atom. The number of rotatable bonds is 12. The molecule has 0 spiro atoms. The molecule has 1 aliphatic heterocycles. The Balaban J connectivity index is 1.62. The summed E-state index contributed by atoms with van der Waals surface area (Å²) in [4.78, 5) is 4.85. The Morgan fingerprint density at radius 3 is 1.96 bits per heavy atom. The van der Waals surface area contributed by atoms with E-state index < -0.39 is 29.5 Å². The number of nitrogens with zero attached hydrogens (tertiary/aromatic N) is 2. The average Bonchev–Trinajstić information content (AvgIpc) is 3.09. The molecule has 0 bridgehead atoms. The van der Waals surface area contributed by atoms with Crippen molar-refractivity contribution >= 4 is 58.1 Å². The molecule has 1 aliphatic rings. The number of fused-ring (bicyclic) bond motifs is 1. The maximum atomic E-state index is 13.3. The number of hydrogen-bond donors (Lipinski definition) is 2. The number of alkyl halides is 3. The molecule has 3 aromatic carbocycles. The maximum absolute atomic E-state index is 13.3. The first-order chi connectivity index (χ1) is 24.7. The highest BCUT2D eigenvalue weighted by Gasteiger charge is 2.50. The van der Waals surface area contributed by atoms with Gasteiger partial charge in [-0.2, -0.15) is 17.5 Å². The second kappa shape index (κ2) is 15.7. The molecule has 0 amide bonds. The van der Waals surface area contributed by atoms with Crippen LogP contribution in [0.4, 0.5) is 18.9 Å². The van der Waals surface area contributed by atoms with Crippen molar-refractivity contribution in [2.75, 3.05) is 32.1 Å². The predicted molar refractivity (Wildman–Crippen MR) is 208 cm³/mol. The lowest BCUT2D eigenvalue weighted by Crippen LogP contribution is -2.47. The Morgan fingerprint density at radius 1 is 0.925 bits per heavy atom. The van der Waals surface area contributed by atoms with Crippen LogP contribution in [0.25, 0.3) is 10.9 Å². The van der Waals surface area contributed by atoms with Crippen LogP contribution in [0.3, 0.4) is 0 Å². The van der Waals surface area contributed by atoms with Gasteiger partial charge < -0.3 is 19.6 Å². The number of sulfonamides is 1. The predicted octanol–water partition coefficient (Wildman–Crippen LogP) is 9.51. The van der Waals surface area contributed by atoms with Gasteiger partial charge in [0, 0.05) is 52.9 Å². The van der Waals surface area contributed by atoms with Crippen LogP contribution in [0.1, 0.15) is 62.3 Å². The molecular formula is C38H46Cl2F3N3O5SSi. The Labute approximate surface area is 320 Å². The number of anilines is 1. The van der Waals surface area contributed by atoms with Crippen LogP contribution in [0.2, 0.25) is 28.2 Å². The van der Waals surface area contributed by atoms with Crippen molar-refractivity contribution in [2.45, 2.75) is 81.7 Å². The third-order valence-corrected chi connectivity index (χ3v) is 17.1. The van der Waals surface area contributed by atoms with E-state index in [0.717, 1.165) is 5.56 Å². The summed E-state index contributed by atoms with van der Waals surface area (Å²) in [5.41, 5.74) is -3.36. The average molecular weight is 813 g/mol. The molecule has 2 heterocycles. The normalized spacial score (nSPS) is 15.5. The number of halogens is 5. The van der Waals surface area contributed by atoms with E-state index in [0.29, 0.717) is 73.0 Å². The zero-order valence-corrected chi connectivity index (χ0v) is 34.0. The van der Waals surface area contributed by atoms with Crippen LogP contribution in [0.5, 0.6) is 5.88 Å². The molecule has 1 saturated heterocycles. The number of nitrogens with one attached hydrogen (secondary N) is 1. The van der Waals surface area contributed by atoms with Gasteiger partial charge in [0.15, 0.2) is 8.32 Å². The van der Waals surface area contributed by atoms with Crippen LogP contribution in [0.15, 0.2) is 66.7 Å². The number of ether oxygens (including phenoxy) is 1. The number of methoxy groups -OCH3 is 1. The van der Waals surface area contributed by atoms with E-state index in [1.807, 2.05) is 12.1 Å². The van der Waals surface area contributed by atoms with Gasteiger partial charge in [0.2, 0.25) is 5.88 Å². The van der Waals surface area contributed by atoms with E-state index in [-0.39, 0.29) is 37.0 Å².